The Bertz CT molecular complexity index is 811. The fourth-order valence-corrected chi connectivity index (χ4v) is 3.44. The van der Waals surface area contributed by atoms with Crippen LogP contribution in [0.2, 0.25) is 0 Å². The summed E-state index contributed by atoms with van der Waals surface area (Å²) in [5.74, 6) is 0.675. The molecule has 29 heavy (non-hydrogen) atoms. The quantitative estimate of drug-likeness (QED) is 0.737. The van der Waals surface area contributed by atoms with Crippen molar-refractivity contribution >= 4 is 11.8 Å². The minimum atomic E-state index is -0.473. The summed E-state index contributed by atoms with van der Waals surface area (Å²) in [6.45, 7) is 4.97. The van der Waals surface area contributed by atoms with E-state index in [9.17, 15) is 9.59 Å². The Morgan fingerprint density at radius 2 is 2.07 bits per heavy atom. The smallest absolute Gasteiger partial charge is 0.237 e. The number of nitrogens with one attached hydrogen (secondary N) is 1. The number of hydrogen-bond donors (Lipinski definition) is 1. The maximum atomic E-state index is 12.8. The lowest BCUT2D eigenvalue weighted by atomic mass is 10.1. The van der Waals surface area contributed by atoms with Gasteiger partial charge in [0.05, 0.1) is 19.1 Å². The van der Waals surface area contributed by atoms with E-state index < -0.39 is 6.04 Å². The number of benzene rings is 1. The van der Waals surface area contributed by atoms with Crippen molar-refractivity contribution in [2.45, 2.75) is 32.5 Å². The summed E-state index contributed by atoms with van der Waals surface area (Å²) in [6, 6.07) is 11.2. The highest BCUT2D eigenvalue weighted by Crippen LogP contribution is 2.18. The first-order valence-electron chi connectivity index (χ1n) is 9.93. The summed E-state index contributed by atoms with van der Waals surface area (Å²) in [5.41, 5.74) is 2.05. The zero-order chi connectivity index (χ0) is 20.6. The maximum absolute atomic E-state index is 12.8. The zero-order valence-corrected chi connectivity index (χ0v) is 17.0. The highest BCUT2D eigenvalue weighted by Gasteiger charge is 2.32. The van der Waals surface area contributed by atoms with E-state index in [1.54, 1.807) is 24.3 Å². The molecule has 2 heterocycles. The zero-order valence-electron chi connectivity index (χ0n) is 17.0. The largest absolute Gasteiger partial charge is 0.494 e. The van der Waals surface area contributed by atoms with Gasteiger partial charge in [0, 0.05) is 45.6 Å². The molecule has 0 radical (unpaired) electrons. The molecule has 0 aliphatic carbocycles. The van der Waals surface area contributed by atoms with E-state index in [2.05, 4.69) is 15.2 Å². The number of piperazine rings is 1. The molecule has 1 atom stereocenters. The maximum Gasteiger partial charge on any atom is 0.237 e. The van der Waals surface area contributed by atoms with Crippen LogP contribution < -0.4 is 10.1 Å². The van der Waals surface area contributed by atoms with E-state index >= 15 is 0 Å². The van der Waals surface area contributed by atoms with Crippen LogP contribution in [0.4, 0.5) is 0 Å². The fraction of sp³-hybridized carbons (Fsp3) is 0.409. The third-order valence-corrected chi connectivity index (χ3v) is 5.00. The molecule has 0 bridgehead atoms. The van der Waals surface area contributed by atoms with E-state index in [1.807, 2.05) is 43.3 Å². The van der Waals surface area contributed by atoms with Crippen molar-refractivity contribution in [2.75, 3.05) is 26.7 Å². The molecule has 1 aliphatic rings. The van der Waals surface area contributed by atoms with Crippen molar-refractivity contribution in [2.24, 2.45) is 0 Å². The second-order valence-corrected chi connectivity index (χ2v) is 7.17. The molecule has 7 heteroatoms. The van der Waals surface area contributed by atoms with Crippen molar-refractivity contribution < 1.29 is 14.3 Å². The van der Waals surface area contributed by atoms with Crippen LogP contribution in [0.25, 0.3) is 0 Å². The Kier molecular flexibility index (Phi) is 7.19. The summed E-state index contributed by atoms with van der Waals surface area (Å²) in [5, 5.41) is 2.89. The number of nitrogens with zero attached hydrogens (tertiary/aromatic N) is 3. The molecule has 2 amide bonds. The van der Waals surface area contributed by atoms with Crippen molar-refractivity contribution in [1.82, 2.24) is 20.1 Å². The van der Waals surface area contributed by atoms with Crippen LogP contribution in [0.1, 0.15) is 24.5 Å². The van der Waals surface area contributed by atoms with E-state index in [0.717, 1.165) is 16.9 Å². The van der Waals surface area contributed by atoms with Gasteiger partial charge in [-0.05, 0) is 36.2 Å². The Labute approximate surface area is 171 Å². The first-order chi connectivity index (χ1) is 14.1. The first kappa shape index (κ1) is 20.8. The molecule has 1 aliphatic heterocycles. The van der Waals surface area contributed by atoms with Gasteiger partial charge < -0.3 is 15.0 Å². The monoisotopic (exact) mass is 396 g/mol. The van der Waals surface area contributed by atoms with Crippen molar-refractivity contribution in [3.05, 3.63) is 59.9 Å². The van der Waals surface area contributed by atoms with E-state index in [1.165, 1.54) is 0 Å². The van der Waals surface area contributed by atoms with Crippen molar-refractivity contribution in [1.29, 1.82) is 0 Å². The topological polar surface area (TPSA) is 74.8 Å². The molecule has 1 N–H and O–H groups in total. The average molecular weight is 396 g/mol. The van der Waals surface area contributed by atoms with Gasteiger partial charge in [-0.25, -0.2) is 0 Å². The van der Waals surface area contributed by atoms with Gasteiger partial charge in [-0.1, -0.05) is 18.2 Å². The van der Waals surface area contributed by atoms with Crippen LogP contribution in [0, 0.1) is 0 Å². The lowest BCUT2D eigenvalue weighted by Gasteiger charge is -2.35. The summed E-state index contributed by atoms with van der Waals surface area (Å²) in [6.07, 6.45) is 3.60. The number of ether oxygens (including phenoxy) is 1. The lowest BCUT2D eigenvalue weighted by molar-refractivity contribution is -0.138. The Hall–Kier alpha value is -2.93. The summed E-state index contributed by atoms with van der Waals surface area (Å²) >= 11 is 0. The van der Waals surface area contributed by atoms with Crippen molar-refractivity contribution in [3.63, 3.8) is 0 Å². The van der Waals surface area contributed by atoms with E-state index in [4.69, 9.17) is 4.74 Å². The third kappa shape index (κ3) is 5.77. The molecule has 1 aromatic heterocycles. The minimum Gasteiger partial charge on any atom is -0.494 e. The van der Waals surface area contributed by atoms with Gasteiger partial charge in [0.15, 0.2) is 0 Å². The van der Waals surface area contributed by atoms with Crippen molar-refractivity contribution in [3.8, 4) is 5.75 Å². The van der Waals surface area contributed by atoms with E-state index in [-0.39, 0.29) is 18.2 Å². The molecule has 0 saturated carbocycles. The molecule has 3 rings (SSSR count). The molecule has 154 valence electrons. The van der Waals surface area contributed by atoms with Crippen LogP contribution in [0.3, 0.4) is 0 Å². The summed E-state index contributed by atoms with van der Waals surface area (Å²) in [7, 11) is 1.76. The third-order valence-electron chi connectivity index (χ3n) is 5.00. The summed E-state index contributed by atoms with van der Waals surface area (Å²) in [4.78, 5) is 33.1. The number of carbonyl (C=O) groups is 2. The fourth-order valence-electron chi connectivity index (χ4n) is 3.44. The van der Waals surface area contributed by atoms with Crippen LogP contribution in [0.15, 0.2) is 48.8 Å². The predicted octanol–water partition coefficient (Wildman–Crippen LogP) is 1.83. The SMILES string of the molecule is CCOc1ccc(CN2CCNC(=O)[C@@H]2CC(=O)N(C)Cc2cccnc2)cc1. The van der Waals surface area contributed by atoms with Gasteiger partial charge in [-0.15, -0.1) is 0 Å². The molecule has 0 unspecified atom stereocenters. The van der Waals surface area contributed by atoms with Crippen LogP contribution >= 0.6 is 0 Å². The van der Waals surface area contributed by atoms with Gasteiger partial charge in [0.2, 0.25) is 11.8 Å². The highest BCUT2D eigenvalue weighted by atomic mass is 16.5. The number of amides is 2. The van der Waals surface area contributed by atoms with Gasteiger partial charge in [-0.3, -0.25) is 19.5 Å². The van der Waals surface area contributed by atoms with Gasteiger partial charge in [0.1, 0.15) is 5.75 Å². The number of rotatable bonds is 8. The van der Waals surface area contributed by atoms with Crippen LogP contribution in [-0.2, 0) is 22.7 Å². The van der Waals surface area contributed by atoms with Gasteiger partial charge >= 0.3 is 0 Å². The standard InChI is InChI=1S/C22H28N4O3/c1-3-29-19-8-6-17(7-9-19)16-26-12-11-24-22(28)20(26)13-21(27)25(2)15-18-5-4-10-23-14-18/h4-10,14,20H,3,11-13,15-16H2,1-2H3,(H,24,28)/t20-/m0/s1. The van der Waals surface area contributed by atoms with Crippen LogP contribution in [0.5, 0.6) is 5.75 Å². The molecular weight excluding hydrogens is 368 g/mol. The molecule has 1 aromatic carbocycles. The Morgan fingerprint density at radius 3 is 2.76 bits per heavy atom. The van der Waals surface area contributed by atoms with Gasteiger partial charge in [0.25, 0.3) is 0 Å². The molecule has 0 spiro atoms. The lowest BCUT2D eigenvalue weighted by Crippen LogP contribution is -2.56. The molecule has 7 nitrogen and oxygen atoms in total. The number of carbonyl (C=O) groups excluding carboxylic acids is 2. The average Bonchev–Trinajstić information content (AvgIpc) is 2.73. The number of pyridine rings is 1. The Morgan fingerprint density at radius 1 is 1.28 bits per heavy atom. The minimum absolute atomic E-state index is 0.0624. The second-order valence-electron chi connectivity index (χ2n) is 7.17. The molecule has 2 aromatic rings. The van der Waals surface area contributed by atoms with Crippen LogP contribution in [-0.4, -0.2) is 59.4 Å². The first-order valence-corrected chi connectivity index (χ1v) is 9.93. The number of hydrogen-bond acceptors (Lipinski definition) is 5. The normalized spacial score (nSPS) is 16.9. The summed E-state index contributed by atoms with van der Waals surface area (Å²) < 4.78 is 5.48. The second kappa shape index (κ2) is 10.0. The predicted molar refractivity (Wildman–Crippen MR) is 110 cm³/mol. The Balaban J connectivity index is 1.63. The highest BCUT2D eigenvalue weighted by molar-refractivity contribution is 5.88. The molecular formula is C22H28N4O3. The molecule has 1 saturated heterocycles. The van der Waals surface area contributed by atoms with Gasteiger partial charge in [-0.2, -0.15) is 0 Å². The molecule has 1 fully saturated rings. The number of aromatic nitrogens is 1. The van der Waals surface area contributed by atoms with E-state index in [0.29, 0.717) is 32.8 Å².